The van der Waals surface area contributed by atoms with Crippen LogP contribution in [-0.4, -0.2) is 37.4 Å². The zero-order valence-electron chi connectivity index (χ0n) is 15.2. The predicted octanol–water partition coefficient (Wildman–Crippen LogP) is 3.50. The number of carbonyl (C=O) groups excluding carboxylic acids is 1. The molecule has 146 valence electrons. The van der Waals surface area contributed by atoms with Gasteiger partial charge in [0.25, 0.3) is 0 Å². The Morgan fingerprint density at radius 3 is 2.64 bits per heavy atom. The molecule has 2 atom stereocenters. The van der Waals surface area contributed by atoms with Crippen molar-refractivity contribution in [1.82, 2.24) is 10.3 Å². The highest BCUT2D eigenvalue weighted by atomic mass is 35.5. The monoisotopic (exact) mass is 416 g/mol. The van der Waals surface area contributed by atoms with E-state index in [4.69, 9.17) is 11.6 Å². The van der Waals surface area contributed by atoms with Crippen LogP contribution in [0.15, 0.2) is 54.7 Å². The molecule has 4 rings (SSSR count). The summed E-state index contributed by atoms with van der Waals surface area (Å²) in [7, 11) is -3.10. The van der Waals surface area contributed by atoms with E-state index in [0.29, 0.717) is 18.0 Å². The molecule has 0 spiro atoms. The molecule has 1 aliphatic heterocycles. The van der Waals surface area contributed by atoms with Crippen molar-refractivity contribution in [2.24, 2.45) is 5.92 Å². The van der Waals surface area contributed by atoms with Gasteiger partial charge in [0, 0.05) is 34.6 Å². The third-order valence-electron chi connectivity index (χ3n) is 5.36. The number of benzene rings is 2. The molecule has 0 saturated carbocycles. The minimum absolute atomic E-state index is 0.0668. The first-order valence-electron chi connectivity index (χ1n) is 9.23. The van der Waals surface area contributed by atoms with E-state index in [1.807, 2.05) is 54.7 Å². The molecule has 1 fully saturated rings. The lowest BCUT2D eigenvalue weighted by atomic mass is 9.90. The standard InChI is InChI=1S/C21H21ClN2O3S/c22-19-7-3-1-5-15(19)17(18-11-23-20-8-4-2-6-16(18)20)12-24-21(25)14-9-10-28(26,27)13-14/h1-8,11,14,17,23H,9-10,12-13H2,(H,24,25)/t14-,17+/m0/s1. The van der Waals surface area contributed by atoms with Crippen LogP contribution in [-0.2, 0) is 14.6 Å². The zero-order chi connectivity index (χ0) is 19.7. The highest BCUT2D eigenvalue weighted by Gasteiger charge is 2.33. The molecule has 28 heavy (non-hydrogen) atoms. The second kappa shape index (κ2) is 7.60. The lowest BCUT2D eigenvalue weighted by Gasteiger charge is -2.20. The number of halogens is 1. The van der Waals surface area contributed by atoms with Crippen molar-refractivity contribution < 1.29 is 13.2 Å². The molecule has 0 radical (unpaired) electrons. The third-order valence-corrected chi connectivity index (χ3v) is 7.47. The van der Waals surface area contributed by atoms with Crippen molar-refractivity contribution in [2.45, 2.75) is 12.3 Å². The van der Waals surface area contributed by atoms with Gasteiger partial charge in [-0.15, -0.1) is 0 Å². The number of fused-ring (bicyclic) bond motifs is 1. The molecule has 3 aromatic rings. The highest BCUT2D eigenvalue weighted by molar-refractivity contribution is 7.91. The molecule has 2 N–H and O–H groups in total. The van der Waals surface area contributed by atoms with Crippen LogP contribution >= 0.6 is 11.6 Å². The van der Waals surface area contributed by atoms with E-state index in [0.717, 1.165) is 22.0 Å². The van der Waals surface area contributed by atoms with E-state index in [1.165, 1.54) is 0 Å². The van der Waals surface area contributed by atoms with Gasteiger partial charge in [0.2, 0.25) is 5.91 Å². The summed E-state index contributed by atoms with van der Waals surface area (Å²) in [5.74, 6) is -0.811. The quantitative estimate of drug-likeness (QED) is 0.668. The van der Waals surface area contributed by atoms with Gasteiger partial charge in [-0.3, -0.25) is 4.79 Å². The number of para-hydroxylation sites is 1. The van der Waals surface area contributed by atoms with E-state index in [-0.39, 0.29) is 23.3 Å². The van der Waals surface area contributed by atoms with Gasteiger partial charge in [-0.25, -0.2) is 8.42 Å². The lowest BCUT2D eigenvalue weighted by molar-refractivity contribution is -0.124. The first kappa shape index (κ1) is 19.0. The number of hydrogen-bond donors (Lipinski definition) is 2. The summed E-state index contributed by atoms with van der Waals surface area (Å²) in [6.07, 6.45) is 2.34. The molecule has 7 heteroatoms. The Kier molecular flexibility index (Phi) is 5.17. The third kappa shape index (κ3) is 3.80. The van der Waals surface area contributed by atoms with Crippen molar-refractivity contribution in [3.63, 3.8) is 0 Å². The van der Waals surface area contributed by atoms with E-state index < -0.39 is 15.8 Å². The van der Waals surface area contributed by atoms with Crippen LogP contribution in [0.3, 0.4) is 0 Å². The Morgan fingerprint density at radius 1 is 1.14 bits per heavy atom. The first-order chi connectivity index (χ1) is 13.4. The SMILES string of the molecule is O=C(NC[C@H](c1ccccc1Cl)c1c[nH]c2ccccc12)[C@H]1CCS(=O)(=O)C1. The zero-order valence-corrected chi connectivity index (χ0v) is 16.8. The van der Waals surface area contributed by atoms with Crippen LogP contribution in [0.4, 0.5) is 0 Å². The topological polar surface area (TPSA) is 79.0 Å². The smallest absolute Gasteiger partial charge is 0.224 e. The number of nitrogens with one attached hydrogen (secondary N) is 2. The van der Waals surface area contributed by atoms with E-state index >= 15 is 0 Å². The number of H-pyrrole nitrogens is 1. The van der Waals surface area contributed by atoms with Crippen molar-refractivity contribution in [3.8, 4) is 0 Å². The largest absolute Gasteiger partial charge is 0.361 e. The van der Waals surface area contributed by atoms with Crippen LogP contribution in [0.2, 0.25) is 5.02 Å². The summed E-state index contributed by atoms with van der Waals surface area (Å²) in [5, 5.41) is 4.67. The molecular formula is C21H21ClN2O3S. The number of aromatic amines is 1. The number of sulfone groups is 1. The summed E-state index contributed by atoms with van der Waals surface area (Å²) in [6.45, 7) is 0.348. The molecule has 5 nitrogen and oxygen atoms in total. The van der Waals surface area contributed by atoms with Gasteiger partial charge in [0.1, 0.15) is 0 Å². The second-order valence-corrected chi connectivity index (χ2v) is 9.84. The van der Waals surface area contributed by atoms with Crippen LogP contribution in [0.1, 0.15) is 23.5 Å². The van der Waals surface area contributed by atoms with E-state index in [2.05, 4.69) is 10.3 Å². The molecule has 1 aromatic heterocycles. The van der Waals surface area contributed by atoms with Gasteiger partial charge in [0.05, 0.1) is 17.4 Å². The average molecular weight is 417 g/mol. The Balaban J connectivity index is 1.63. The lowest BCUT2D eigenvalue weighted by Crippen LogP contribution is -2.34. The normalized spacial score (nSPS) is 19.5. The molecule has 2 aromatic carbocycles. The molecule has 2 heterocycles. The van der Waals surface area contributed by atoms with Crippen LogP contribution in [0.25, 0.3) is 10.9 Å². The molecule has 1 saturated heterocycles. The van der Waals surface area contributed by atoms with Crippen molar-refractivity contribution in [3.05, 3.63) is 70.9 Å². The summed E-state index contributed by atoms with van der Waals surface area (Å²) < 4.78 is 23.4. The van der Waals surface area contributed by atoms with E-state index in [9.17, 15) is 13.2 Å². The second-order valence-electron chi connectivity index (χ2n) is 7.21. The maximum Gasteiger partial charge on any atom is 0.224 e. The van der Waals surface area contributed by atoms with Gasteiger partial charge in [-0.1, -0.05) is 48.0 Å². The van der Waals surface area contributed by atoms with Gasteiger partial charge >= 0.3 is 0 Å². The van der Waals surface area contributed by atoms with Crippen molar-refractivity contribution >= 4 is 38.2 Å². The van der Waals surface area contributed by atoms with Crippen LogP contribution in [0, 0.1) is 5.92 Å². The number of carbonyl (C=O) groups is 1. The van der Waals surface area contributed by atoms with Crippen molar-refractivity contribution in [1.29, 1.82) is 0 Å². The maximum absolute atomic E-state index is 12.6. The summed E-state index contributed by atoms with van der Waals surface area (Å²) in [4.78, 5) is 15.8. The average Bonchev–Trinajstić information content (AvgIpc) is 3.26. The number of hydrogen-bond acceptors (Lipinski definition) is 3. The highest BCUT2D eigenvalue weighted by Crippen LogP contribution is 2.34. The van der Waals surface area contributed by atoms with Gasteiger partial charge in [0.15, 0.2) is 9.84 Å². The molecule has 0 unspecified atom stereocenters. The fraction of sp³-hybridized carbons (Fsp3) is 0.286. The van der Waals surface area contributed by atoms with Gasteiger partial charge in [-0.05, 0) is 29.7 Å². The minimum Gasteiger partial charge on any atom is -0.361 e. The Morgan fingerprint density at radius 2 is 1.89 bits per heavy atom. The summed E-state index contributed by atoms with van der Waals surface area (Å²) in [6, 6.07) is 15.6. The first-order valence-corrected chi connectivity index (χ1v) is 11.4. The van der Waals surface area contributed by atoms with Gasteiger partial charge in [-0.2, -0.15) is 0 Å². The molecular weight excluding hydrogens is 396 g/mol. The van der Waals surface area contributed by atoms with Crippen LogP contribution < -0.4 is 5.32 Å². The predicted molar refractivity (Wildman–Crippen MR) is 111 cm³/mol. The summed E-state index contributed by atoms with van der Waals surface area (Å²) in [5.41, 5.74) is 2.99. The van der Waals surface area contributed by atoms with Gasteiger partial charge < -0.3 is 10.3 Å². The Hall–Kier alpha value is -2.31. The molecule has 1 aliphatic rings. The van der Waals surface area contributed by atoms with Crippen molar-refractivity contribution in [2.75, 3.05) is 18.1 Å². The number of amides is 1. The number of rotatable bonds is 5. The number of aromatic nitrogens is 1. The molecule has 0 aliphatic carbocycles. The Bertz CT molecular complexity index is 1120. The Labute approximate surface area is 169 Å². The van der Waals surface area contributed by atoms with E-state index in [1.54, 1.807) is 0 Å². The fourth-order valence-corrected chi connectivity index (χ4v) is 5.89. The summed E-state index contributed by atoms with van der Waals surface area (Å²) >= 11 is 6.46. The van der Waals surface area contributed by atoms with Crippen LogP contribution in [0.5, 0.6) is 0 Å². The maximum atomic E-state index is 12.6. The molecule has 1 amide bonds. The molecule has 0 bridgehead atoms. The minimum atomic E-state index is -3.10. The fourth-order valence-electron chi connectivity index (χ4n) is 3.88.